The van der Waals surface area contributed by atoms with E-state index in [0.717, 1.165) is 36.4 Å². The molecule has 1 aliphatic heterocycles. The quantitative estimate of drug-likeness (QED) is 0.804. The normalized spacial score (nSPS) is 19.2. The third-order valence-corrected chi connectivity index (χ3v) is 4.96. The van der Waals surface area contributed by atoms with E-state index in [1.165, 1.54) is 11.3 Å². The number of nitrogens with zero attached hydrogens (tertiary/aromatic N) is 3. The maximum atomic E-state index is 12.1. The fourth-order valence-electron chi connectivity index (χ4n) is 3.07. The third-order valence-electron chi connectivity index (χ3n) is 4.06. The monoisotopic (exact) mass is 316 g/mol. The van der Waals surface area contributed by atoms with Crippen molar-refractivity contribution >= 4 is 21.6 Å². The molecule has 114 valence electrons. The molecule has 4 rings (SSSR count). The Balaban J connectivity index is 1.62. The van der Waals surface area contributed by atoms with Gasteiger partial charge in [0, 0.05) is 6.07 Å². The number of thiophene rings is 1. The summed E-state index contributed by atoms with van der Waals surface area (Å²) in [6.07, 6.45) is 2.15. The Kier molecular flexibility index (Phi) is 3.31. The van der Waals surface area contributed by atoms with E-state index in [9.17, 15) is 4.79 Å². The fourth-order valence-corrected chi connectivity index (χ4v) is 3.79. The van der Waals surface area contributed by atoms with Crippen LogP contribution in [0, 0.1) is 6.92 Å². The molecule has 1 atom stereocenters. The van der Waals surface area contributed by atoms with Crippen LogP contribution in [0.25, 0.3) is 10.2 Å². The van der Waals surface area contributed by atoms with E-state index in [-0.39, 0.29) is 11.6 Å². The van der Waals surface area contributed by atoms with Gasteiger partial charge in [0.1, 0.15) is 10.5 Å². The van der Waals surface area contributed by atoms with E-state index in [4.69, 9.17) is 4.52 Å². The van der Waals surface area contributed by atoms with Crippen LogP contribution in [0.4, 0.5) is 0 Å². The summed E-state index contributed by atoms with van der Waals surface area (Å²) in [7, 11) is 0. The van der Waals surface area contributed by atoms with Crippen molar-refractivity contribution in [3.63, 3.8) is 0 Å². The van der Waals surface area contributed by atoms with Gasteiger partial charge >= 0.3 is 0 Å². The number of aryl methyl sites for hydroxylation is 1. The predicted molar refractivity (Wildman–Crippen MR) is 83.9 cm³/mol. The lowest BCUT2D eigenvalue weighted by atomic mass is 10.1. The van der Waals surface area contributed by atoms with Crippen molar-refractivity contribution in [1.29, 1.82) is 0 Å². The van der Waals surface area contributed by atoms with Gasteiger partial charge in [-0.05, 0) is 37.8 Å². The first-order chi connectivity index (χ1) is 10.7. The van der Waals surface area contributed by atoms with Crippen molar-refractivity contribution in [3.8, 4) is 0 Å². The van der Waals surface area contributed by atoms with E-state index < -0.39 is 0 Å². The molecular formula is C15H16N4O2S. The zero-order valence-corrected chi connectivity index (χ0v) is 13.0. The van der Waals surface area contributed by atoms with Crippen LogP contribution in [-0.2, 0) is 6.54 Å². The third kappa shape index (κ3) is 2.36. The Morgan fingerprint density at radius 2 is 2.45 bits per heavy atom. The molecule has 1 fully saturated rings. The summed E-state index contributed by atoms with van der Waals surface area (Å²) in [6.45, 7) is 3.51. The molecule has 0 saturated carbocycles. The number of H-pyrrole nitrogens is 1. The lowest BCUT2D eigenvalue weighted by molar-refractivity contribution is 0.202. The lowest BCUT2D eigenvalue weighted by Crippen LogP contribution is -2.25. The molecule has 3 aromatic rings. The highest BCUT2D eigenvalue weighted by Crippen LogP contribution is 2.33. The van der Waals surface area contributed by atoms with Crippen LogP contribution in [0.5, 0.6) is 0 Å². The molecule has 0 aromatic carbocycles. The van der Waals surface area contributed by atoms with Crippen LogP contribution in [0.15, 0.2) is 26.8 Å². The number of nitrogens with one attached hydrogen (secondary N) is 1. The molecule has 1 N–H and O–H groups in total. The number of rotatable bonds is 3. The zero-order chi connectivity index (χ0) is 15.1. The summed E-state index contributed by atoms with van der Waals surface area (Å²) < 4.78 is 6.10. The first kappa shape index (κ1) is 13.7. The lowest BCUT2D eigenvalue weighted by Gasteiger charge is -2.21. The van der Waals surface area contributed by atoms with Crippen molar-refractivity contribution < 1.29 is 4.52 Å². The number of hydrogen-bond donors (Lipinski definition) is 1. The highest BCUT2D eigenvalue weighted by atomic mass is 32.1. The summed E-state index contributed by atoms with van der Waals surface area (Å²) in [5, 5.41) is 5.87. The Morgan fingerprint density at radius 3 is 3.27 bits per heavy atom. The smallest absolute Gasteiger partial charge is 0.268 e. The van der Waals surface area contributed by atoms with Crippen LogP contribution < -0.4 is 5.56 Å². The second-order valence-electron chi connectivity index (χ2n) is 5.65. The van der Waals surface area contributed by atoms with Gasteiger partial charge < -0.3 is 9.51 Å². The largest absolute Gasteiger partial charge is 0.359 e. The summed E-state index contributed by atoms with van der Waals surface area (Å²) in [5.74, 6) is 1.60. The maximum Gasteiger partial charge on any atom is 0.268 e. The van der Waals surface area contributed by atoms with Crippen molar-refractivity contribution in [2.75, 3.05) is 6.54 Å². The van der Waals surface area contributed by atoms with Gasteiger partial charge in [-0.2, -0.15) is 0 Å². The van der Waals surface area contributed by atoms with Gasteiger partial charge in [-0.15, -0.1) is 11.3 Å². The van der Waals surface area contributed by atoms with Gasteiger partial charge in [-0.25, -0.2) is 4.98 Å². The minimum atomic E-state index is -0.0544. The minimum Gasteiger partial charge on any atom is -0.359 e. The average molecular weight is 316 g/mol. The van der Waals surface area contributed by atoms with Crippen molar-refractivity contribution in [3.05, 3.63) is 45.1 Å². The van der Waals surface area contributed by atoms with Crippen LogP contribution in [0.3, 0.4) is 0 Å². The van der Waals surface area contributed by atoms with E-state index in [1.54, 1.807) is 0 Å². The van der Waals surface area contributed by atoms with Gasteiger partial charge in [0.15, 0.2) is 5.76 Å². The van der Waals surface area contributed by atoms with Crippen LogP contribution in [0.1, 0.15) is 36.2 Å². The van der Waals surface area contributed by atoms with Gasteiger partial charge in [-0.1, -0.05) is 5.16 Å². The molecular weight excluding hydrogens is 300 g/mol. The Labute approximate surface area is 130 Å². The van der Waals surface area contributed by atoms with Gasteiger partial charge in [0.2, 0.25) is 0 Å². The highest BCUT2D eigenvalue weighted by molar-refractivity contribution is 7.17. The highest BCUT2D eigenvalue weighted by Gasteiger charge is 2.29. The van der Waals surface area contributed by atoms with E-state index >= 15 is 0 Å². The molecule has 0 radical (unpaired) electrons. The standard InChI is InChI=1S/C15H16N4O2S/c1-9-7-12(21-18-9)11-3-2-5-19(11)8-13-16-10-4-6-22-14(10)15(20)17-13/h4,6-7,11H,2-3,5,8H2,1H3,(H,16,17,20)/t11-/m0/s1. The second-order valence-corrected chi connectivity index (χ2v) is 6.56. The molecule has 0 amide bonds. The van der Waals surface area contributed by atoms with Crippen molar-refractivity contribution in [1.82, 2.24) is 20.0 Å². The Hall–Kier alpha value is -1.99. The molecule has 4 heterocycles. The average Bonchev–Trinajstić information content (AvgIpc) is 3.19. The van der Waals surface area contributed by atoms with Gasteiger partial charge in [0.05, 0.1) is 23.8 Å². The maximum absolute atomic E-state index is 12.1. The second kappa shape index (κ2) is 5.33. The predicted octanol–water partition coefficient (Wildman–Crippen LogP) is 2.62. The molecule has 6 nitrogen and oxygen atoms in total. The summed E-state index contributed by atoms with van der Waals surface area (Å²) in [6, 6.07) is 4.09. The first-order valence-corrected chi connectivity index (χ1v) is 8.22. The number of fused-ring (bicyclic) bond motifs is 1. The van der Waals surface area contributed by atoms with Crippen molar-refractivity contribution in [2.45, 2.75) is 32.4 Å². The van der Waals surface area contributed by atoms with Crippen LogP contribution in [0.2, 0.25) is 0 Å². The molecule has 1 saturated heterocycles. The number of hydrogen-bond acceptors (Lipinski definition) is 6. The molecule has 0 spiro atoms. The Bertz CT molecular complexity index is 866. The molecule has 0 unspecified atom stereocenters. The number of aromatic amines is 1. The molecule has 0 aliphatic carbocycles. The SMILES string of the molecule is Cc1cc([C@@H]2CCCN2Cc2nc3ccsc3c(=O)[nH]2)on1. The molecule has 22 heavy (non-hydrogen) atoms. The number of likely N-dealkylation sites (tertiary alicyclic amines) is 1. The fraction of sp³-hybridized carbons (Fsp3) is 0.400. The zero-order valence-electron chi connectivity index (χ0n) is 12.2. The van der Waals surface area contributed by atoms with Crippen LogP contribution in [-0.4, -0.2) is 26.6 Å². The first-order valence-electron chi connectivity index (χ1n) is 7.34. The topological polar surface area (TPSA) is 75.0 Å². The molecule has 1 aliphatic rings. The molecule has 3 aromatic heterocycles. The summed E-state index contributed by atoms with van der Waals surface area (Å²) in [5.41, 5.74) is 1.62. The van der Waals surface area contributed by atoms with Crippen LogP contribution >= 0.6 is 11.3 Å². The van der Waals surface area contributed by atoms with Gasteiger partial charge in [-0.3, -0.25) is 9.69 Å². The summed E-state index contributed by atoms with van der Waals surface area (Å²) in [4.78, 5) is 21.8. The molecule has 7 heteroatoms. The summed E-state index contributed by atoms with van der Waals surface area (Å²) >= 11 is 1.42. The van der Waals surface area contributed by atoms with E-state index in [0.29, 0.717) is 17.1 Å². The minimum absolute atomic E-state index is 0.0544. The number of aromatic nitrogens is 3. The van der Waals surface area contributed by atoms with Gasteiger partial charge in [0.25, 0.3) is 5.56 Å². The van der Waals surface area contributed by atoms with Crippen molar-refractivity contribution in [2.24, 2.45) is 0 Å². The van der Waals surface area contributed by atoms with E-state index in [2.05, 4.69) is 20.0 Å². The Morgan fingerprint density at radius 1 is 1.55 bits per heavy atom. The van der Waals surface area contributed by atoms with E-state index in [1.807, 2.05) is 24.4 Å². The molecule has 0 bridgehead atoms.